The first kappa shape index (κ1) is 69.6. The van der Waals surface area contributed by atoms with E-state index >= 15 is 8.63 Å². The molecular weight excluding hydrogens is 1190 g/mol. The molecule has 2 atom stereocenters. The molecule has 6 rings (SSSR count). The summed E-state index contributed by atoms with van der Waals surface area (Å²) in [6.07, 6.45) is 11.4. The highest BCUT2D eigenvalue weighted by molar-refractivity contribution is 7.86. The Morgan fingerprint density at radius 1 is 0.770 bits per heavy atom. The molecule has 0 bridgehead atoms. The molecule has 29 heteroatoms. The van der Waals surface area contributed by atoms with Crippen LogP contribution in [0.3, 0.4) is 0 Å². The highest BCUT2D eigenvalue weighted by Crippen LogP contribution is 2.41. The third-order valence-corrected chi connectivity index (χ3v) is 17.0. The first-order valence-corrected chi connectivity index (χ1v) is 33.4. The Morgan fingerprint density at radius 3 is 2.13 bits per heavy atom. The molecule has 0 spiro atoms. The number of unbranched alkanes of at least 4 members (excludes halogenated alkanes) is 3. The number of rotatable bonds is 37. The van der Waals surface area contributed by atoms with Gasteiger partial charge in [0, 0.05) is 74.3 Å². The maximum absolute atomic E-state index is 17.4. The monoisotopic (exact) mass is 1280 g/mol. The van der Waals surface area contributed by atoms with Crippen LogP contribution >= 0.6 is 11.3 Å². The van der Waals surface area contributed by atoms with Crippen molar-refractivity contribution in [3.8, 4) is 5.75 Å². The molecule has 3 aliphatic heterocycles. The number of aryl methyl sites for hydroxylation is 1. The van der Waals surface area contributed by atoms with Crippen LogP contribution in [0.25, 0.3) is 18.2 Å². The van der Waals surface area contributed by atoms with Crippen molar-refractivity contribution in [2.24, 2.45) is 0 Å². The second-order valence-electron chi connectivity index (χ2n) is 24.1. The van der Waals surface area contributed by atoms with E-state index in [9.17, 15) is 54.7 Å². The third kappa shape index (κ3) is 22.3. The van der Waals surface area contributed by atoms with Gasteiger partial charge < -0.3 is 57.4 Å². The molecule has 3 aliphatic rings. The fourth-order valence-electron chi connectivity index (χ4n) is 10.2. The lowest BCUT2D eigenvalue weighted by Gasteiger charge is -2.31. The predicted octanol–water partition coefficient (Wildman–Crippen LogP) is 4.81. The van der Waals surface area contributed by atoms with Crippen LogP contribution in [0.5, 0.6) is 5.75 Å². The molecule has 5 heterocycles. The Kier molecular flexibility index (Phi) is 24.9. The van der Waals surface area contributed by atoms with Crippen molar-refractivity contribution in [3.63, 3.8) is 0 Å². The molecule has 1 aromatic carbocycles. The number of aromatic nitrogens is 1. The maximum atomic E-state index is 17.4. The molecule has 478 valence electrons. The van der Waals surface area contributed by atoms with Gasteiger partial charge in [0.15, 0.2) is 11.4 Å². The number of carbonyl (C=O) groups is 6. The lowest BCUT2D eigenvalue weighted by Crippen LogP contribution is -2.56. The summed E-state index contributed by atoms with van der Waals surface area (Å²) < 4.78 is 111. The minimum atomic E-state index is -4.80. The second-order valence-corrected chi connectivity index (χ2v) is 28.1. The molecule has 0 radical (unpaired) electrons. The van der Waals surface area contributed by atoms with Crippen molar-refractivity contribution in [3.05, 3.63) is 92.6 Å². The maximum Gasteiger partial charge on any atom is 0.737 e. The summed E-state index contributed by atoms with van der Waals surface area (Å²) in [4.78, 5) is 81.3. The van der Waals surface area contributed by atoms with E-state index in [1.807, 2.05) is 44.7 Å². The zero-order valence-electron chi connectivity index (χ0n) is 50.4. The number of hydrogen-bond acceptors (Lipinski definition) is 14. The van der Waals surface area contributed by atoms with Gasteiger partial charge in [-0.25, -0.2) is 4.79 Å². The first-order valence-electron chi connectivity index (χ1n) is 29.3. The molecule has 87 heavy (non-hydrogen) atoms. The van der Waals surface area contributed by atoms with Crippen LogP contribution in [-0.4, -0.2) is 202 Å². The Morgan fingerprint density at radius 2 is 1.47 bits per heavy atom. The van der Waals surface area contributed by atoms with Crippen LogP contribution in [-0.2, 0) is 60.3 Å². The number of nitrogens with one attached hydrogen (secondary N) is 4. The van der Waals surface area contributed by atoms with Gasteiger partial charge in [-0.15, -0.1) is 16.4 Å². The first-order chi connectivity index (χ1) is 40.9. The molecule has 6 N–H and O–H groups in total. The molecule has 1 saturated heterocycles. The number of allylic oxidation sites excluding steroid dienone is 2. The molecule has 2 aromatic heterocycles. The van der Waals surface area contributed by atoms with Crippen LogP contribution in [0.2, 0.25) is 0 Å². The van der Waals surface area contributed by atoms with Crippen LogP contribution in [0.4, 0.5) is 8.63 Å². The van der Waals surface area contributed by atoms with Gasteiger partial charge >= 0.3 is 12.9 Å². The number of ether oxygens (including phenoxy) is 1. The zero-order chi connectivity index (χ0) is 63.7. The zero-order valence-corrected chi connectivity index (χ0v) is 52.9. The highest BCUT2D eigenvalue weighted by atomic mass is 32.2. The van der Waals surface area contributed by atoms with E-state index in [0.717, 1.165) is 34.0 Å². The number of benzene rings is 1. The summed E-state index contributed by atoms with van der Waals surface area (Å²) in [6, 6.07) is 9.12. The fraction of sp³-hybridized carbons (Fsp3) is 0.534. The van der Waals surface area contributed by atoms with E-state index in [1.165, 1.54) is 11.3 Å². The van der Waals surface area contributed by atoms with Gasteiger partial charge in [0.25, 0.3) is 32.1 Å². The number of amides is 5. The van der Waals surface area contributed by atoms with Crippen LogP contribution in [0.1, 0.15) is 117 Å². The van der Waals surface area contributed by atoms with Crippen molar-refractivity contribution in [1.29, 1.82) is 0 Å². The van der Waals surface area contributed by atoms with Gasteiger partial charge in [0.1, 0.15) is 23.6 Å². The smallest absolute Gasteiger partial charge is 0.494 e. The Bertz CT molecular complexity index is 3290. The number of nitrogens with zero attached hydrogens (tertiary/aromatic N) is 5. The SMILES string of the molecule is C[N+](C)(C)CCCCC(NC(=O)C(CS(=O)(=O)O)NC(=O)CCCOc1ccc(/C=C/c2cc(CCCS(=O)(=O)O)c3n2[B-](F)(F)[N+]2=C(c4cccs4)C=C(CCC[N+](C)(C)C)C2=C3)cc1)C(=O)NCCNCCCCCC(=O)ON1C(=O)CCC1=O. The number of fused-ring (bicyclic) bond motifs is 2. The predicted molar refractivity (Wildman–Crippen MR) is 328 cm³/mol. The number of quaternary nitrogens is 2. The van der Waals surface area contributed by atoms with E-state index in [-0.39, 0.29) is 75.9 Å². The number of thiophene rings is 1. The Hall–Kier alpha value is -6.47. The standard InChI is InChI=1S/C58H82BF2N9O14S3/c1-69(2,3)33-11-9-18-47(57(75)63-32-31-62-30-10-7-8-21-56(74)84-68-54(72)28-29-55(68)73)65-58(76)48(41-87(80,81)82)64-53(71)20-13-35-83-46-26-23-42(24-27-46)22-25-45-38-43(17-15-37-86(77,78)79)49-40-50-44(16-12-34-70(4,5)6)39-51(52-19-14-36-85-52)67(50)59(60,61)66(45)49/h14,19,22-27,36,38-40,47-48,62H,7-13,15-18,20-21,28-35,37,41H2,1-6H3,(H3-2,63,64,65,71,75,76,77,78,79,80,81,82)/p+2/b25-22+. The second kappa shape index (κ2) is 31.1. The number of hydroxylamine groups is 2. The summed E-state index contributed by atoms with van der Waals surface area (Å²) in [7, 11) is 3.16. The van der Waals surface area contributed by atoms with Crippen molar-refractivity contribution in [1.82, 2.24) is 30.8 Å². The van der Waals surface area contributed by atoms with E-state index in [2.05, 4.69) is 42.4 Å². The minimum Gasteiger partial charge on any atom is -0.494 e. The van der Waals surface area contributed by atoms with Crippen molar-refractivity contribution < 1.29 is 86.4 Å². The lowest BCUT2D eigenvalue weighted by molar-refractivity contribution is -0.870. The summed E-state index contributed by atoms with van der Waals surface area (Å²) in [5.41, 5.74) is 3.17. The number of imide groups is 1. The quantitative estimate of drug-likeness (QED) is 0.0148. The molecule has 0 saturated carbocycles. The average Bonchev–Trinajstić information content (AvgIpc) is 1.58. The number of hydrogen-bond donors (Lipinski definition) is 6. The summed E-state index contributed by atoms with van der Waals surface area (Å²) in [6.45, 7) is -1.81. The van der Waals surface area contributed by atoms with Gasteiger partial charge in [0.2, 0.25) is 17.7 Å². The van der Waals surface area contributed by atoms with Crippen molar-refractivity contribution in [2.45, 2.75) is 108 Å². The summed E-state index contributed by atoms with van der Waals surface area (Å²) in [5, 5.41) is 13.3. The lowest BCUT2D eigenvalue weighted by atomic mass is 9.88. The highest BCUT2D eigenvalue weighted by Gasteiger charge is 2.54. The van der Waals surface area contributed by atoms with E-state index in [1.54, 1.807) is 48.6 Å². The normalized spacial score (nSPS) is 15.9. The van der Waals surface area contributed by atoms with Gasteiger partial charge in [-0.1, -0.05) is 30.7 Å². The van der Waals surface area contributed by atoms with Gasteiger partial charge in [-0.05, 0) is 111 Å². The van der Waals surface area contributed by atoms with E-state index < -0.39 is 86.3 Å². The Balaban J connectivity index is 1.02. The van der Waals surface area contributed by atoms with Crippen LogP contribution in [0.15, 0.2) is 65.2 Å². The van der Waals surface area contributed by atoms with E-state index in [0.29, 0.717) is 98.8 Å². The van der Waals surface area contributed by atoms with Gasteiger partial charge in [0.05, 0.1) is 72.6 Å². The van der Waals surface area contributed by atoms with E-state index in [4.69, 9.17) is 9.57 Å². The van der Waals surface area contributed by atoms with Crippen LogP contribution in [0, 0.1) is 0 Å². The van der Waals surface area contributed by atoms with Crippen molar-refractivity contribution in [2.75, 3.05) is 93.1 Å². The van der Waals surface area contributed by atoms with Gasteiger partial charge in [-0.2, -0.15) is 16.8 Å². The van der Waals surface area contributed by atoms with Crippen molar-refractivity contribution >= 4 is 98.0 Å². The van der Waals surface area contributed by atoms with Crippen LogP contribution < -0.4 is 26.0 Å². The number of halogens is 2. The van der Waals surface area contributed by atoms with Gasteiger partial charge in [-0.3, -0.25) is 33.1 Å². The number of carbonyl (C=O) groups excluding carboxylic acids is 6. The third-order valence-electron chi connectivity index (χ3n) is 14.6. The molecular formula is C58H84BF2N9O14S3+2. The summed E-state index contributed by atoms with van der Waals surface area (Å²) in [5.74, 6) is -5.29. The topological polar surface area (TPSA) is 289 Å². The molecule has 0 aliphatic carbocycles. The molecule has 1 fully saturated rings. The molecule has 23 nitrogen and oxygen atoms in total. The fourth-order valence-corrected chi connectivity index (χ4v) is 12.1. The molecule has 3 aromatic rings. The Labute approximate surface area is 512 Å². The summed E-state index contributed by atoms with van der Waals surface area (Å²) >= 11 is 1.37. The minimum absolute atomic E-state index is 0.0107. The largest absolute Gasteiger partial charge is 0.737 e. The average molecular weight is 1280 g/mol. The molecule has 2 unspecified atom stereocenters. The molecule has 5 amide bonds.